The van der Waals surface area contributed by atoms with Gasteiger partial charge in [0.15, 0.2) is 0 Å². The van der Waals surface area contributed by atoms with Gasteiger partial charge in [0.2, 0.25) is 0 Å². The van der Waals surface area contributed by atoms with Crippen LogP contribution in [-0.4, -0.2) is 18.0 Å². The first-order valence-electron chi connectivity index (χ1n) is 7.80. The maximum absolute atomic E-state index is 2.70. The maximum atomic E-state index is 2.70. The van der Waals surface area contributed by atoms with Crippen LogP contribution in [0.15, 0.2) is 54.6 Å². The number of rotatable bonds is 2. The van der Waals surface area contributed by atoms with Gasteiger partial charge < -0.3 is 0 Å². The topological polar surface area (TPSA) is 3.24 Å². The molecule has 3 heterocycles. The van der Waals surface area contributed by atoms with E-state index in [0.717, 1.165) is 5.92 Å². The van der Waals surface area contributed by atoms with Crippen LogP contribution in [0.1, 0.15) is 30.9 Å². The molecule has 2 bridgehead atoms. The molecule has 3 aliphatic heterocycles. The van der Waals surface area contributed by atoms with Crippen molar-refractivity contribution in [3.8, 4) is 11.1 Å². The molecule has 1 nitrogen and oxygen atoms in total. The molecular weight excluding hydrogens is 242 g/mol. The average Bonchev–Trinajstić information content (AvgIpc) is 2.57. The molecule has 102 valence electrons. The van der Waals surface area contributed by atoms with E-state index in [4.69, 9.17) is 0 Å². The van der Waals surface area contributed by atoms with Crippen molar-refractivity contribution in [1.29, 1.82) is 0 Å². The van der Waals surface area contributed by atoms with Crippen LogP contribution >= 0.6 is 0 Å². The lowest BCUT2D eigenvalue weighted by Gasteiger charge is -2.46. The lowest BCUT2D eigenvalue weighted by Crippen LogP contribution is -2.43. The SMILES string of the molecule is c1ccc(-c2ccccc2C2CC3CCN2CC3)cc1. The van der Waals surface area contributed by atoms with Gasteiger partial charge in [-0.05, 0) is 55.0 Å². The van der Waals surface area contributed by atoms with E-state index >= 15 is 0 Å². The molecule has 0 aromatic heterocycles. The highest BCUT2D eigenvalue weighted by Gasteiger charge is 2.35. The Kier molecular flexibility index (Phi) is 3.08. The first-order chi connectivity index (χ1) is 9.92. The van der Waals surface area contributed by atoms with E-state index in [9.17, 15) is 0 Å². The van der Waals surface area contributed by atoms with Gasteiger partial charge >= 0.3 is 0 Å². The van der Waals surface area contributed by atoms with Crippen LogP contribution in [-0.2, 0) is 0 Å². The lowest BCUT2D eigenvalue weighted by molar-refractivity contribution is 0.0493. The maximum Gasteiger partial charge on any atom is 0.0356 e. The summed E-state index contributed by atoms with van der Waals surface area (Å²) >= 11 is 0. The van der Waals surface area contributed by atoms with E-state index in [1.165, 1.54) is 49.0 Å². The fraction of sp³-hybridized carbons (Fsp3) is 0.368. The molecule has 3 saturated heterocycles. The third-order valence-electron chi connectivity index (χ3n) is 5.05. The lowest BCUT2D eigenvalue weighted by atomic mass is 9.79. The Balaban J connectivity index is 1.75. The number of piperidine rings is 3. The van der Waals surface area contributed by atoms with Crippen molar-refractivity contribution in [2.24, 2.45) is 5.92 Å². The second-order valence-electron chi connectivity index (χ2n) is 6.18. The van der Waals surface area contributed by atoms with Crippen LogP contribution in [0.5, 0.6) is 0 Å². The summed E-state index contributed by atoms with van der Waals surface area (Å²) in [6.45, 7) is 2.58. The zero-order valence-corrected chi connectivity index (χ0v) is 11.8. The summed E-state index contributed by atoms with van der Waals surface area (Å²) in [6.07, 6.45) is 4.16. The van der Waals surface area contributed by atoms with Crippen LogP contribution in [0.4, 0.5) is 0 Å². The smallest absolute Gasteiger partial charge is 0.0356 e. The Morgan fingerprint density at radius 2 is 1.50 bits per heavy atom. The first-order valence-corrected chi connectivity index (χ1v) is 7.80. The minimum absolute atomic E-state index is 0.638. The highest BCUT2D eigenvalue weighted by atomic mass is 15.2. The summed E-state index contributed by atoms with van der Waals surface area (Å²) in [4.78, 5) is 2.70. The van der Waals surface area contributed by atoms with E-state index in [2.05, 4.69) is 59.5 Å². The molecule has 0 aliphatic carbocycles. The monoisotopic (exact) mass is 263 g/mol. The van der Waals surface area contributed by atoms with Crippen molar-refractivity contribution in [2.75, 3.05) is 13.1 Å². The Morgan fingerprint density at radius 1 is 0.800 bits per heavy atom. The van der Waals surface area contributed by atoms with Gasteiger partial charge in [-0.2, -0.15) is 0 Å². The standard InChI is InChI=1S/C19H21N/c1-2-6-16(7-3-1)17-8-4-5-9-18(17)19-14-15-10-12-20(19)13-11-15/h1-9,15,19H,10-14H2. The first kappa shape index (κ1) is 12.2. The number of hydrogen-bond donors (Lipinski definition) is 0. The Morgan fingerprint density at radius 3 is 2.20 bits per heavy atom. The Bertz CT molecular complexity index is 582. The minimum Gasteiger partial charge on any atom is -0.296 e. The molecule has 1 unspecified atom stereocenters. The van der Waals surface area contributed by atoms with Gasteiger partial charge in [-0.3, -0.25) is 4.90 Å². The van der Waals surface area contributed by atoms with E-state index in [1.54, 1.807) is 0 Å². The van der Waals surface area contributed by atoms with Gasteiger partial charge in [0.05, 0.1) is 0 Å². The summed E-state index contributed by atoms with van der Waals surface area (Å²) in [5, 5.41) is 0. The van der Waals surface area contributed by atoms with E-state index in [-0.39, 0.29) is 0 Å². The van der Waals surface area contributed by atoms with Crippen LogP contribution < -0.4 is 0 Å². The molecular formula is C19H21N. The highest BCUT2D eigenvalue weighted by Crippen LogP contribution is 2.43. The summed E-state index contributed by atoms with van der Waals surface area (Å²) < 4.78 is 0. The number of hydrogen-bond acceptors (Lipinski definition) is 1. The Hall–Kier alpha value is -1.60. The predicted molar refractivity (Wildman–Crippen MR) is 83.5 cm³/mol. The van der Waals surface area contributed by atoms with Gasteiger partial charge in [-0.1, -0.05) is 54.6 Å². The second-order valence-corrected chi connectivity index (χ2v) is 6.18. The van der Waals surface area contributed by atoms with Crippen molar-refractivity contribution in [3.63, 3.8) is 0 Å². The van der Waals surface area contributed by atoms with E-state index in [0.29, 0.717) is 6.04 Å². The predicted octanol–water partition coefficient (Wildman–Crippen LogP) is 4.51. The largest absolute Gasteiger partial charge is 0.296 e. The molecule has 0 amide bonds. The molecule has 20 heavy (non-hydrogen) atoms. The fourth-order valence-electron chi connectivity index (χ4n) is 3.96. The summed E-state index contributed by atoms with van der Waals surface area (Å²) in [5.41, 5.74) is 4.31. The van der Waals surface area contributed by atoms with Gasteiger partial charge in [0, 0.05) is 6.04 Å². The third-order valence-corrected chi connectivity index (χ3v) is 5.05. The van der Waals surface area contributed by atoms with Crippen LogP contribution in [0, 0.1) is 5.92 Å². The molecule has 3 aliphatic rings. The molecule has 0 spiro atoms. The molecule has 0 saturated carbocycles. The zero-order chi connectivity index (χ0) is 13.4. The molecule has 2 aromatic rings. The van der Waals surface area contributed by atoms with Crippen molar-refractivity contribution in [1.82, 2.24) is 4.90 Å². The van der Waals surface area contributed by atoms with Crippen LogP contribution in [0.3, 0.4) is 0 Å². The molecule has 0 radical (unpaired) electrons. The highest BCUT2D eigenvalue weighted by molar-refractivity contribution is 5.68. The molecule has 2 aromatic carbocycles. The van der Waals surface area contributed by atoms with Crippen LogP contribution in [0.2, 0.25) is 0 Å². The van der Waals surface area contributed by atoms with Crippen molar-refractivity contribution in [3.05, 3.63) is 60.2 Å². The van der Waals surface area contributed by atoms with Gasteiger partial charge in [0.25, 0.3) is 0 Å². The summed E-state index contributed by atoms with van der Waals surface area (Å²) in [6, 6.07) is 20.5. The van der Waals surface area contributed by atoms with Crippen molar-refractivity contribution >= 4 is 0 Å². The van der Waals surface area contributed by atoms with E-state index < -0.39 is 0 Å². The quantitative estimate of drug-likeness (QED) is 0.770. The molecule has 1 heteroatoms. The second kappa shape index (κ2) is 5.06. The van der Waals surface area contributed by atoms with Crippen LogP contribution in [0.25, 0.3) is 11.1 Å². The summed E-state index contributed by atoms with van der Waals surface area (Å²) in [7, 11) is 0. The molecule has 5 rings (SSSR count). The molecule has 3 fully saturated rings. The van der Waals surface area contributed by atoms with E-state index in [1.807, 2.05) is 0 Å². The zero-order valence-electron chi connectivity index (χ0n) is 11.8. The number of benzene rings is 2. The number of fused-ring (bicyclic) bond motifs is 3. The molecule has 1 atom stereocenters. The van der Waals surface area contributed by atoms with Crippen molar-refractivity contribution in [2.45, 2.75) is 25.3 Å². The van der Waals surface area contributed by atoms with Crippen molar-refractivity contribution < 1.29 is 0 Å². The third kappa shape index (κ3) is 2.06. The average molecular weight is 263 g/mol. The van der Waals surface area contributed by atoms with Gasteiger partial charge in [0.1, 0.15) is 0 Å². The van der Waals surface area contributed by atoms with Gasteiger partial charge in [-0.25, -0.2) is 0 Å². The Labute approximate surface area is 121 Å². The summed E-state index contributed by atoms with van der Waals surface area (Å²) in [5.74, 6) is 0.953. The fourth-order valence-corrected chi connectivity index (χ4v) is 3.96. The molecule has 0 N–H and O–H groups in total. The number of nitrogens with zero attached hydrogens (tertiary/aromatic N) is 1. The van der Waals surface area contributed by atoms with Gasteiger partial charge in [-0.15, -0.1) is 0 Å². The minimum atomic E-state index is 0.638. The normalized spacial score (nSPS) is 28.5.